The maximum absolute atomic E-state index is 11.0. The summed E-state index contributed by atoms with van der Waals surface area (Å²) in [6.45, 7) is 0.728. The van der Waals surface area contributed by atoms with E-state index < -0.39 is 0 Å². The number of Topliss-reactive ketones (excluding diaryl/α,β-unsaturated/α-hetero) is 1. The van der Waals surface area contributed by atoms with Gasteiger partial charge in [-0.05, 0) is 0 Å². The Morgan fingerprint density at radius 3 is 3.30 bits per heavy atom. The zero-order valence-corrected chi connectivity index (χ0v) is 5.35. The number of carbonyl (C=O) groups excluding carboxylic acids is 1. The summed E-state index contributed by atoms with van der Waals surface area (Å²) in [5.74, 6) is 0.145. The summed E-state index contributed by atoms with van der Waals surface area (Å²) in [5.41, 5.74) is 1.45. The van der Waals surface area contributed by atoms with E-state index in [1.54, 1.807) is 6.20 Å². The number of nitrogens with zero attached hydrogens (tertiary/aromatic N) is 1. The van der Waals surface area contributed by atoms with Crippen LogP contribution in [0.5, 0.6) is 0 Å². The predicted octanol–water partition coefficient (Wildman–Crippen LogP) is 0.408. The van der Waals surface area contributed by atoms with Crippen LogP contribution in [-0.2, 0) is 0 Å². The number of anilines is 1. The van der Waals surface area contributed by atoms with Crippen LogP contribution in [0.25, 0.3) is 0 Å². The zero-order valence-electron chi connectivity index (χ0n) is 5.35. The highest BCUT2D eigenvalue weighted by Gasteiger charge is 2.17. The lowest BCUT2D eigenvalue weighted by molar-refractivity contribution is 0.0979. The molecule has 0 unspecified atom stereocenters. The molecule has 2 heterocycles. The number of H-pyrrole nitrogens is 1. The van der Waals surface area contributed by atoms with Crippen molar-refractivity contribution in [2.75, 3.05) is 11.9 Å². The third kappa shape index (κ3) is 0.618. The number of hydrogen-bond donors (Lipinski definition) is 2. The van der Waals surface area contributed by atoms with Gasteiger partial charge in [0.15, 0.2) is 5.78 Å². The molecule has 1 aliphatic rings. The third-order valence-electron chi connectivity index (χ3n) is 1.59. The Morgan fingerprint density at radius 1 is 1.60 bits per heavy atom. The highest BCUT2D eigenvalue weighted by atomic mass is 16.1. The predicted molar refractivity (Wildman–Crippen MR) is 36.0 cm³/mol. The highest BCUT2D eigenvalue weighted by Crippen LogP contribution is 2.17. The van der Waals surface area contributed by atoms with Crippen molar-refractivity contribution < 1.29 is 4.79 Å². The van der Waals surface area contributed by atoms with Crippen LogP contribution >= 0.6 is 0 Å². The van der Waals surface area contributed by atoms with E-state index in [4.69, 9.17) is 0 Å². The van der Waals surface area contributed by atoms with Gasteiger partial charge in [0.1, 0.15) is 5.69 Å². The van der Waals surface area contributed by atoms with Crippen LogP contribution in [0.2, 0.25) is 0 Å². The summed E-state index contributed by atoms with van der Waals surface area (Å²) in [6, 6.07) is 0. The van der Waals surface area contributed by atoms with E-state index in [1.807, 2.05) is 0 Å². The first-order valence-electron chi connectivity index (χ1n) is 3.18. The van der Waals surface area contributed by atoms with Crippen LogP contribution in [0.15, 0.2) is 6.20 Å². The molecule has 0 bridgehead atoms. The second-order valence-electron chi connectivity index (χ2n) is 2.26. The molecule has 4 nitrogen and oxygen atoms in total. The van der Waals surface area contributed by atoms with Gasteiger partial charge < -0.3 is 5.32 Å². The van der Waals surface area contributed by atoms with E-state index in [2.05, 4.69) is 15.5 Å². The van der Waals surface area contributed by atoms with Crippen molar-refractivity contribution >= 4 is 11.5 Å². The third-order valence-corrected chi connectivity index (χ3v) is 1.59. The van der Waals surface area contributed by atoms with E-state index in [-0.39, 0.29) is 5.78 Å². The molecule has 10 heavy (non-hydrogen) atoms. The van der Waals surface area contributed by atoms with Crippen molar-refractivity contribution in [1.82, 2.24) is 10.2 Å². The number of ketones is 1. The fraction of sp³-hybridized carbons (Fsp3) is 0.333. The second kappa shape index (κ2) is 1.83. The first-order chi connectivity index (χ1) is 4.88. The van der Waals surface area contributed by atoms with Crippen molar-refractivity contribution in [3.63, 3.8) is 0 Å². The van der Waals surface area contributed by atoms with E-state index in [1.165, 1.54) is 0 Å². The van der Waals surface area contributed by atoms with Gasteiger partial charge in [-0.25, -0.2) is 0 Å². The van der Waals surface area contributed by atoms with Gasteiger partial charge in [-0.15, -0.1) is 0 Å². The Balaban J connectivity index is 2.50. The Kier molecular flexibility index (Phi) is 1.00. The topological polar surface area (TPSA) is 57.8 Å². The van der Waals surface area contributed by atoms with E-state index in [9.17, 15) is 4.79 Å². The largest absolute Gasteiger partial charge is 0.381 e. The van der Waals surface area contributed by atoms with Crippen LogP contribution in [0, 0.1) is 0 Å². The summed E-state index contributed by atoms with van der Waals surface area (Å²) >= 11 is 0. The molecular weight excluding hydrogens is 130 g/mol. The van der Waals surface area contributed by atoms with Crippen LogP contribution < -0.4 is 5.32 Å². The van der Waals surface area contributed by atoms with Crippen LogP contribution in [0.4, 0.5) is 5.69 Å². The van der Waals surface area contributed by atoms with Crippen molar-refractivity contribution in [2.24, 2.45) is 0 Å². The molecule has 0 fully saturated rings. The first kappa shape index (κ1) is 5.46. The summed E-state index contributed by atoms with van der Waals surface area (Å²) in [5, 5.41) is 9.45. The normalized spacial score (nSPS) is 16.2. The Hall–Kier alpha value is -1.32. The lowest BCUT2D eigenvalue weighted by atomic mass is 10.1. The lowest BCUT2D eigenvalue weighted by Crippen LogP contribution is -2.16. The smallest absolute Gasteiger partial charge is 0.184 e. The minimum absolute atomic E-state index is 0.145. The maximum Gasteiger partial charge on any atom is 0.184 e. The number of carbonyl (C=O) groups is 1. The summed E-state index contributed by atoms with van der Waals surface area (Å²) in [7, 11) is 0. The molecule has 0 atom stereocenters. The second-order valence-corrected chi connectivity index (χ2v) is 2.26. The Bertz CT molecular complexity index is 266. The van der Waals surface area contributed by atoms with Crippen molar-refractivity contribution in [3.8, 4) is 0 Å². The minimum Gasteiger partial charge on any atom is -0.381 e. The van der Waals surface area contributed by atoms with Gasteiger partial charge in [0.25, 0.3) is 0 Å². The van der Waals surface area contributed by atoms with E-state index >= 15 is 0 Å². The van der Waals surface area contributed by atoms with Gasteiger partial charge in [-0.2, -0.15) is 5.10 Å². The number of hydrogen-bond acceptors (Lipinski definition) is 3. The van der Waals surface area contributed by atoms with Crippen LogP contribution in [-0.4, -0.2) is 22.5 Å². The molecule has 4 heteroatoms. The van der Waals surface area contributed by atoms with Crippen LogP contribution in [0.1, 0.15) is 16.9 Å². The van der Waals surface area contributed by atoms with Gasteiger partial charge in [-0.1, -0.05) is 0 Å². The van der Waals surface area contributed by atoms with E-state index in [0.717, 1.165) is 12.2 Å². The van der Waals surface area contributed by atoms with Gasteiger partial charge in [0.2, 0.25) is 0 Å². The Morgan fingerprint density at radius 2 is 2.50 bits per heavy atom. The molecule has 2 rings (SSSR count). The molecule has 0 saturated carbocycles. The first-order valence-corrected chi connectivity index (χ1v) is 3.18. The van der Waals surface area contributed by atoms with Crippen molar-refractivity contribution in [2.45, 2.75) is 6.42 Å². The Labute approximate surface area is 57.6 Å². The molecule has 0 amide bonds. The standard InChI is InChI=1S/C6H7N3O/c10-5-1-2-7-4-3-8-9-6(4)5/h3,7H,1-2H2,(H,8,9). The summed E-state index contributed by atoms with van der Waals surface area (Å²) in [4.78, 5) is 11.0. The van der Waals surface area contributed by atoms with Gasteiger partial charge in [0, 0.05) is 13.0 Å². The average Bonchev–Trinajstić information content (AvgIpc) is 2.36. The summed E-state index contributed by atoms with van der Waals surface area (Å²) in [6.07, 6.45) is 2.20. The van der Waals surface area contributed by atoms with E-state index in [0.29, 0.717) is 12.1 Å². The molecule has 52 valence electrons. The number of rotatable bonds is 0. The number of aromatic nitrogens is 2. The molecule has 0 radical (unpaired) electrons. The molecular formula is C6H7N3O. The summed E-state index contributed by atoms with van der Waals surface area (Å²) < 4.78 is 0. The monoisotopic (exact) mass is 137 g/mol. The van der Waals surface area contributed by atoms with Gasteiger partial charge >= 0.3 is 0 Å². The van der Waals surface area contributed by atoms with Crippen molar-refractivity contribution in [3.05, 3.63) is 11.9 Å². The number of aromatic amines is 1. The molecule has 0 aromatic carbocycles. The molecule has 1 aromatic heterocycles. The molecule has 1 aromatic rings. The minimum atomic E-state index is 0.145. The molecule has 1 aliphatic heterocycles. The van der Waals surface area contributed by atoms with Gasteiger partial charge in [-0.3, -0.25) is 9.89 Å². The SMILES string of the molecule is O=C1CCNc2cn[nH]c21. The fourth-order valence-electron chi connectivity index (χ4n) is 1.07. The molecule has 0 saturated heterocycles. The number of fused-ring (bicyclic) bond motifs is 1. The number of nitrogens with one attached hydrogen (secondary N) is 2. The zero-order chi connectivity index (χ0) is 6.97. The average molecular weight is 137 g/mol. The quantitative estimate of drug-likeness (QED) is 0.544. The fourth-order valence-corrected chi connectivity index (χ4v) is 1.07. The highest BCUT2D eigenvalue weighted by molar-refractivity contribution is 6.00. The van der Waals surface area contributed by atoms with Gasteiger partial charge in [0.05, 0.1) is 11.9 Å². The van der Waals surface area contributed by atoms with Crippen molar-refractivity contribution in [1.29, 1.82) is 0 Å². The molecule has 0 aliphatic carbocycles. The maximum atomic E-state index is 11.0. The molecule has 2 N–H and O–H groups in total. The van der Waals surface area contributed by atoms with Crippen LogP contribution in [0.3, 0.4) is 0 Å². The molecule has 0 spiro atoms. The lowest BCUT2D eigenvalue weighted by Gasteiger charge is -2.10.